The van der Waals surface area contributed by atoms with Crippen LogP contribution >= 0.6 is 23.2 Å². The van der Waals surface area contributed by atoms with E-state index in [9.17, 15) is 0 Å². The predicted molar refractivity (Wildman–Crippen MR) is 155 cm³/mol. The molecule has 1 aliphatic rings. The average Bonchev–Trinajstić information content (AvgIpc) is 3.61. The number of ether oxygens (including phenoxy) is 4. The highest BCUT2D eigenvalue weighted by Gasteiger charge is 2.48. The lowest BCUT2D eigenvalue weighted by Crippen LogP contribution is -2.38. The molecule has 5 aromatic rings. The second-order valence-corrected chi connectivity index (χ2v) is 10.4. The van der Waals surface area contributed by atoms with Crippen LogP contribution in [0.5, 0.6) is 0 Å². The fourth-order valence-corrected chi connectivity index (χ4v) is 5.34. The average molecular weight is 591 g/mol. The topological polar surface area (TPSA) is 80.5 Å². The summed E-state index contributed by atoms with van der Waals surface area (Å²) >= 11 is 12.8. The quantitative estimate of drug-likeness (QED) is 0.175. The largest absolute Gasteiger partial charge is 0.374 e. The molecule has 0 N–H and O–H groups in total. The first kappa shape index (κ1) is 27.8. The van der Waals surface area contributed by atoms with Crippen molar-refractivity contribution in [1.82, 2.24) is 19.7 Å². The van der Waals surface area contributed by atoms with Crippen molar-refractivity contribution >= 4 is 34.2 Å². The van der Waals surface area contributed by atoms with Gasteiger partial charge in [-0.1, -0.05) is 114 Å². The van der Waals surface area contributed by atoms with Gasteiger partial charge in [-0.15, -0.1) is 10.2 Å². The summed E-state index contributed by atoms with van der Waals surface area (Å²) in [5, 5.41) is 8.21. The van der Waals surface area contributed by atoms with E-state index in [4.69, 9.17) is 42.1 Å². The number of imidazole rings is 1. The van der Waals surface area contributed by atoms with E-state index in [0.717, 1.165) is 16.7 Å². The fraction of sp³-hybridized carbons (Fsp3) is 0.258. The van der Waals surface area contributed by atoms with Crippen LogP contribution in [0.4, 0.5) is 0 Å². The first-order valence-electron chi connectivity index (χ1n) is 13.3. The van der Waals surface area contributed by atoms with Crippen LogP contribution in [0, 0.1) is 0 Å². The van der Waals surface area contributed by atoms with Gasteiger partial charge in [-0.25, -0.2) is 4.98 Å². The highest BCUT2D eigenvalue weighted by atomic mass is 35.5. The Balaban J connectivity index is 1.32. The molecule has 3 heterocycles. The van der Waals surface area contributed by atoms with Crippen molar-refractivity contribution in [2.45, 2.75) is 44.4 Å². The summed E-state index contributed by atoms with van der Waals surface area (Å²) in [4.78, 5) is 4.46. The third-order valence-corrected chi connectivity index (χ3v) is 7.44. The minimum atomic E-state index is -0.646. The Morgan fingerprint density at radius 3 is 1.83 bits per heavy atom. The Morgan fingerprint density at radius 2 is 1.22 bits per heavy atom. The van der Waals surface area contributed by atoms with Crippen LogP contribution in [0.1, 0.15) is 22.9 Å². The number of hydrogen-bond acceptors (Lipinski definition) is 7. The maximum atomic E-state index is 6.65. The second kappa shape index (κ2) is 13.1. The molecule has 0 unspecified atom stereocenters. The van der Waals surface area contributed by atoms with Gasteiger partial charge in [0.15, 0.2) is 16.5 Å². The van der Waals surface area contributed by atoms with Crippen molar-refractivity contribution in [3.8, 4) is 0 Å². The zero-order valence-corrected chi connectivity index (χ0v) is 23.6. The van der Waals surface area contributed by atoms with Crippen LogP contribution in [0.15, 0.2) is 97.3 Å². The fourth-order valence-electron chi connectivity index (χ4n) is 4.94. The monoisotopic (exact) mass is 590 g/mol. The number of fused-ring (bicyclic) bond motifs is 1. The van der Waals surface area contributed by atoms with Crippen molar-refractivity contribution in [2.24, 2.45) is 0 Å². The first-order valence-corrected chi connectivity index (χ1v) is 14.1. The van der Waals surface area contributed by atoms with Crippen molar-refractivity contribution in [3.63, 3.8) is 0 Å². The van der Waals surface area contributed by atoms with Gasteiger partial charge in [0.05, 0.1) is 32.8 Å². The molecular weight excluding hydrogens is 563 g/mol. The van der Waals surface area contributed by atoms with Crippen molar-refractivity contribution in [1.29, 1.82) is 0 Å². The Morgan fingerprint density at radius 1 is 0.683 bits per heavy atom. The van der Waals surface area contributed by atoms with E-state index >= 15 is 0 Å². The zero-order chi connectivity index (χ0) is 28.0. The van der Waals surface area contributed by atoms with Gasteiger partial charge in [-0.2, -0.15) is 0 Å². The minimum Gasteiger partial charge on any atom is -0.374 e. The van der Waals surface area contributed by atoms with Crippen LogP contribution in [0.3, 0.4) is 0 Å². The molecule has 1 fully saturated rings. The summed E-state index contributed by atoms with van der Waals surface area (Å²) in [6.07, 6.45) is -0.482. The van der Waals surface area contributed by atoms with Crippen LogP contribution < -0.4 is 0 Å². The van der Waals surface area contributed by atoms with Gasteiger partial charge in [0.2, 0.25) is 0 Å². The molecule has 0 spiro atoms. The Kier molecular flexibility index (Phi) is 8.86. The number of nitrogens with zero attached hydrogens (tertiary/aromatic N) is 4. The molecule has 2 aromatic heterocycles. The van der Waals surface area contributed by atoms with Crippen LogP contribution in [-0.2, 0) is 38.8 Å². The predicted octanol–water partition coefficient (Wildman–Crippen LogP) is 6.42. The number of benzene rings is 3. The smallest absolute Gasteiger partial charge is 0.179 e. The lowest BCUT2D eigenvalue weighted by atomic mass is 10.1. The van der Waals surface area contributed by atoms with E-state index in [1.54, 1.807) is 10.9 Å². The number of aromatic nitrogens is 4. The molecule has 1 aliphatic heterocycles. The number of halogens is 2. The van der Waals surface area contributed by atoms with E-state index in [1.807, 2.05) is 91.0 Å². The summed E-state index contributed by atoms with van der Waals surface area (Å²) < 4.78 is 27.7. The molecule has 1 saturated heterocycles. The second-order valence-electron chi connectivity index (χ2n) is 9.72. The van der Waals surface area contributed by atoms with Gasteiger partial charge in [-0.05, 0) is 16.7 Å². The van der Waals surface area contributed by atoms with Crippen molar-refractivity contribution < 1.29 is 18.9 Å². The number of hydrogen-bond donors (Lipinski definition) is 0. The van der Waals surface area contributed by atoms with Crippen LogP contribution in [0.2, 0.25) is 10.3 Å². The summed E-state index contributed by atoms with van der Waals surface area (Å²) in [6.45, 7) is 1.47. The summed E-state index contributed by atoms with van der Waals surface area (Å²) in [6, 6.07) is 30.0. The Labute approximate surface area is 247 Å². The normalized spacial score (nSPS) is 20.5. The van der Waals surface area contributed by atoms with E-state index in [2.05, 4.69) is 15.2 Å². The lowest BCUT2D eigenvalue weighted by molar-refractivity contribution is -0.0913. The van der Waals surface area contributed by atoms with Gasteiger partial charge in [-0.3, -0.25) is 4.57 Å². The van der Waals surface area contributed by atoms with Crippen LogP contribution in [-0.4, -0.2) is 44.7 Å². The highest BCUT2D eigenvalue weighted by Crippen LogP contribution is 2.38. The van der Waals surface area contributed by atoms with Gasteiger partial charge >= 0.3 is 0 Å². The molecule has 10 heteroatoms. The summed E-state index contributed by atoms with van der Waals surface area (Å²) in [5.41, 5.74) is 4.08. The van der Waals surface area contributed by atoms with E-state index in [0.29, 0.717) is 30.9 Å². The van der Waals surface area contributed by atoms with E-state index < -0.39 is 24.5 Å². The van der Waals surface area contributed by atoms with Crippen molar-refractivity contribution in [3.05, 3.63) is 124 Å². The molecule has 0 saturated carbocycles. The lowest BCUT2D eigenvalue weighted by Gasteiger charge is -2.25. The van der Waals surface area contributed by atoms with Gasteiger partial charge in [0.25, 0.3) is 0 Å². The maximum Gasteiger partial charge on any atom is 0.179 e. The standard InChI is InChI=1S/C31H28Cl2N4O4/c32-29-25-26(30(33)36-35-29)37(20-34-25)31-28(40-18-23-14-8-3-9-15-23)27(39-17-22-12-6-2-7-13-22)24(41-31)19-38-16-21-10-4-1-5-11-21/h1-15,20,24,27-28,31H,16-19H2/t24-,27-,28-,31-/m1/s1. The molecule has 0 bridgehead atoms. The van der Waals surface area contributed by atoms with Gasteiger partial charge < -0.3 is 18.9 Å². The molecule has 8 nitrogen and oxygen atoms in total. The highest BCUT2D eigenvalue weighted by molar-refractivity contribution is 6.37. The molecule has 3 aromatic carbocycles. The molecule has 0 radical (unpaired) electrons. The third kappa shape index (κ3) is 6.43. The van der Waals surface area contributed by atoms with E-state index in [-0.39, 0.29) is 16.9 Å². The molecule has 0 aliphatic carbocycles. The zero-order valence-electron chi connectivity index (χ0n) is 22.1. The molecule has 6 rings (SSSR count). The minimum absolute atomic E-state index is 0.155. The SMILES string of the molecule is Clc1nnc(Cl)c2c1ncn2[C@@H]1O[C@H](COCc2ccccc2)[C@@H](OCc2ccccc2)[C@H]1OCc1ccccc1. The third-order valence-electron chi connectivity index (χ3n) is 6.93. The molecular formula is C31H28Cl2N4O4. The van der Waals surface area contributed by atoms with Gasteiger partial charge in [0, 0.05) is 0 Å². The summed E-state index contributed by atoms with van der Waals surface area (Å²) in [5.74, 6) is 0. The Hall–Kier alpha value is -3.37. The summed E-state index contributed by atoms with van der Waals surface area (Å²) in [7, 11) is 0. The van der Waals surface area contributed by atoms with E-state index in [1.165, 1.54) is 0 Å². The molecule has 0 amide bonds. The molecule has 4 atom stereocenters. The van der Waals surface area contributed by atoms with Gasteiger partial charge in [0.1, 0.15) is 29.3 Å². The van der Waals surface area contributed by atoms with Crippen LogP contribution in [0.25, 0.3) is 11.0 Å². The Bertz CT molecular complexity index is 1560. The number of rotatable bonds is 11. The molecule has 210 valence electrons. The maximum absolute atomic E-state index is 6.65. The van der Waals surface area contributed by atoms with Crippen molar-refractivity contribution in [2.75, 3.05) is 6.61 Å². The molecule has 41 heavy (non-hydrogen) atoms. The first-order chi connectivity index (χ1) is 20.2.